The highest BCUT2D eigenvalue weighted by atomic mass is 16.5. The Kier molecular flexibility index (Phi) is 3.89. The lowest BCUT2D eigenvalue weighted by atomic mass is 9.84. The molecule has 1 aliphatic carbocycles. The van der Waals surface area contributed by atoms with E-state index in [9.17, 15) is 4.79 Å². The summed E-state index contributed by atoms with van der Waals surface area (Å²) in [5.74, 6) is 2.01. The molecule has 1 aliphatic heterocycles. The van der Waals surface area contributed by atoms with E-state index in [-0.39, 0.29) is 0 Å². The summed E-state index contributed by atoms with van der Waals surface area (Å²) in [7, 11) is 0. The van der Waals surface area contributed by atoms with Crippen molar-refractivity contribution < 1.29 is 9.32 Å². The average Bonchev–Trinajstić information content (AvgIpc) is 2.86. The molecule has 1 aromatic heterocycles. The van der Waals surface area contributed by atoms with Crippen LogP contribution in [0.2, 0.25) is 0 Å². The molecule has 1 saturated carbocycles. The third kappa shape index (κ3) is 2.64. The van der Waals surface area contributed by atoms with Crippen molar-refractivity contribution in [3.05, 3.63) is 5.89 Å². The van der Waals surface area contributed by atoms with Crippen LogP contribution < -0.4 is 4.90 Å². The molecule has 2 aliphatic rings. The van der Waals surface area contributed by atoms with Gasteiger partial charge in [0.25, 0.3) is 5.95 Å². The Labute approximate surface area is 119 Å². The van der Waals surface area contributed by atoms with Crippen LogP contribution in [0.3, 0.4) is 0 Å². The van der Waals surface area contributed by atoms with Crippen molar-refractivity contribution in [2.75, 3.05) is 31.1 Å². The molecule has 0 unspecified atom stereocenters. The number of piperazine rings is 1. The van der Waals surface area contributed by atoms with Crippen LogP contribution in [-0.4, -0.2) is 47.1 Å². The largest absolute Gasteiger partial charge is 0.339 e. The van der Waals surface area contributed by atoms with Gasteiger partial charge in [0.1, 0.15) is 0 Å². The van der Waals surface area contributed by atoms with Gasteiger partial charge in [0.05, 0.1) is 0 Å². The zero-order chi connectivity index (χ0) is 13.9. The molecule has 2 fully saturated rings. The number of hydrogen-bond donors (Lipinski definition) is 0. The third-order valence-electron chi connectivity index (χ3n) is 4.25. The maximum atomic E-state index is 12.2. The van der Waals surface area contributed by atoms with E-state index in [4.69, 9.17) is 4.52 Å². The summed E-state index contributed by atoms with van der Waals surface area (Å²) < 4.78 is 5.21. The normalized spacial score (nSPS) is 20.1. The number of hydrogen-bond acceptors (Lipinski definition) is 5. The van der Waals surface area contributed by atoms with Gasteiger partial charge in [0, 0.05) is 38.5 Å². The third-order valence-corrected chi connectivity index (χ3v) is 4.25. The van der Waals surface area contributed by atoms with E-state index in [1.165, 1.54) is 6.42 Å². The Bertz CT molecular complexity index is 461. The van der Waals surface area contributed by atoms with Gasteiger partial charge in [-0.25, -0.2) is 0 Å². The minimum atomic E-state index is 0.294. The summed E-state index contributed by atoms with van der Waals surface area (Å²) in [6, 6.07) is 0. The Morgan fingerprint density at radius 1 is 1.30 bits per heavy atom. The Morgan fingerprint density at radius 2 is 2.05 bits per heavy atom. The lowest BCUT2D eigenvalue weighted by molar-refractivity contribution is -0.138. The maximum Gasteiger partial charge on any atom is 0.266 e. The molecule has 0 spiro atoms. The first-order chi connectivity index (χ1) is 9.78. The molecule has 0 radical (unpaired) electrons. The fraction of sp³-hybridized carbons (Fsp3) is 0.786. The summed E-state index contributed by atoms with van der Waals surface area (Å²) in [5, 5.41) is 4.03. The second-order valence-electron chi connectivity index (χ2n) is 5.68. The fourth-order valence-corrected chi connectivity index (χ4v) is 2.73. The smallest absolute Gasteiger partial charge is 0.266 e. The molecule has 1 aromatic rings. The van der Waals surface area contributed by atoms with Crippen molar-refractivity contribution in [1.82, 2.24) is 15.0 Å². The van der Waals surface area contributed by atoms with Gasteiger partial charge in [-0.15, -0.1) is 0 Å². The van der Waals surface area contributed by atoms with E-state index < -0.39 is 0 Å². The highest BCUT2D eigenvalue weighted by molar-refractivity contribution is 5.79. The minimum Gasteiger partial charge on any atom is -0.339 e. The summed E-state index contributed by atoms with van der Waals surface area (Å²) >= 11 is 0. The van der Waals surface area contributed by atoms with Crippen molar-refractivity contribution in [1.29, 1.82) is 0 Å². The van der Waals surface area contributed by atoms with Gasteiger partial charge < -0.3 is 14.3 Å². The fourth-order valence-electron chi connectivity index (χ4n) is 2.73. The highest BCUT2D eigenvalue weighted by Gasteiger charge is 2.31. The molecule has 20 heavy (non-hydrogen) atoms. The SMILES string of the molecule is CCCc1nc(N2CCN(C(=O)C3CCC3)CC2)no1. The molecular weight excluding hydrogens is 256 g/mol. The predicted molar refractivity (Wildman–Crippen MR) is 74.4 cm³/mol. The molecule has 6 heteroatoms. The van der Waals surface area contributed by atoms with Crippen molar-refractivity contribution >= 4 is 11.9 Å². The number of nitrogens with zero attached hydrogens (tertiary/aromatic N) is 4. The monoisotopic (exact) mass is 278 g/mol. The van der Waals surface area contributed by atoms with E-state index >= 15 is 0 Å². The molecule has 1 saturated heterocycles. The van der Waals surface area contributed by atoms with Crippen LogP contribution in [0.15, 0.2) is 4.52 Å². The molecule has 110 valence electrons. The van der Waals surface area contributed by atoms with Crippen molar-refractivity contribution in [3.63, 3.8) is 0 Å². The predicted octanol–water partition coefficient (Wildman–Crippen LogP) is 1.47. The lowest BCUT2D eigenvalue weighted by Crippen LogP contribution is -2.51. The second kappa shape index (κ2) is 5.81. The van der Waals surface area contributed by atoms with Gasteiger partial charge in [-0.2, -0.15) is 4.98 Å². The van der Waals surface area contributed by atoms with E-state index in [1.807, 2.05) is 4.90 Å². The molecule has 0 bridgehead atoms. The van der Waals surface area contributed by atoms with Crippen LogP contribution in [0.25, 0.3) is 0 Å². The van der Waals surface area contributed by atoms with Crippen molar-refractivity contribution in [2.24, 2.45) is 5.92 Å². The van der Waals surface area contributed by atoms with Crippen molar-refractivity contribution in [3.8, 4) is 0 Å². The quantitative estimate of drug-likeness (QED) is 0.834. The Balaban J connectivity index is 1.53. The molecular formula is C14H22N4O2. The van der Waals surface area contributed by atoms with Crippen molar-refractivity contribution in [2.45, 2.75) is 39.0 Å². The van der Waals surface area contributed by atoms with Crippen LogP contribution in [0, 0.1) is 5.92 Å². The second-order valence-corrected chi connectivity index (χ2v) is 5.68. The number of carbonyl (C=O) groups is 1. The number of amides is 1. The van der Waals surface area contributed by atoms with E-state index in [0.29, 0.717) is 23.7 Å². The van der Waals surface area contributed by atoms with Crippen LogP contribution in [0.5, 0.6) is 0 Å². The van der Waals surface area contributed by atoms with Gasteiger partial charge in [0.2, 0.25) is 11.8 Å². The van der Waals surface area contributed by atoms with Crippen LogP contribution in [-0.2, 0) is 11.2 Å². The highest BCUT2D eigenvalue weighted by Crippen LogP contribution is 2.28. The molecule has 6 nitrogen and oxygen atoms in total. The molecule has 0 aromatic carbocycles. The molecule has 1 amide bonds. The lowest BCUT2D eigenvalue weighted by Gasteiger charge is -2.37. The first-order valence-electron chi connectivity index (χ1n) is 7.64. The first kappa shape index (κ1) is 13.4. The summed E-state index contributed by atoms with van der Waals surface area (Å²) in [6.07, 6.45) is 5.19. The van der Waals surface area contributed by atoms with Gasteiger partial charge in [-0.3, -0.25) is 4.79 Å². The summed E-state index contributed by atoms with van der Waals surface area (Å²) in [4.78, 5) is 20.7. The van der Waals surface area contributed by atoms with Gasteiger partial charge >= 0.3 is 0 Å². The summed E-state index contributed by atoms with van der Waals surface area (Å²) in [6.45, 7) is 5.22. The van der Waals surface area contributed by atoms with E-state index in [2.05, 4.69) is 22.0 Å². The zero-order valence-corrected chi connectivity index (χ0v) is 12.0. The number of aromatic nitrogens is 2. The number of anilines is 1. The van der Waals surface area contributed by atoms with Gasteiger partial charge in [-0.1, -0.05) is 13.3 Å². The average molecular weight is 278 g/mol. The Morgan fingerprint density at radius 3 is 2.65 bits per heavy atom. The Hall–Kier alpha value is -1.59. The van der Waals surface area contributed by atoms with Crippen LogP contribution in [0.1, 0.15) is 38.5 Å². The maximum absolute atomic E-state index is 12.2. The molecule has 2 heterocycles. The van der Waals surface area contributed by atoms with Crippen LogP contribution in [0.4, 0.5) is 5.95 Å². The standard InChI is InChI=1S/C14H22N4O2/c1-2-4-12-15-14(16-20-12)18-9-7-17(8-10-18)13(19)11-5-3-6-11/h11H,2-10H2,1H3. The topological polar surface area (TPSA) is 62.5 Å². The molecule has 0 N–H and O–H groups in total. The van der Waals surface area contributed by atoms with E-state index in [1.54, 1.807) is 0 Å². The van der Waals surface area contributed by atoms with Gasteiger partial charge in [-0.05, 0) is 24.4 Å². The van der Waals surface area contributed by atoms with E-state index in [0.717, 1.165) is 51.9 Å². The molecule has 0 atom stereocenters. The first-order valence-corrected chi connectivity index (χ1v) is 7.64. The number of rotatable bonds is 4. The summed E-state index contributed by atoms with van der Waals surface area (Å²) in [5.41, 5.74) is 0. The zero-order valence-electron chi connectivity index (χ0n) is 12.0. The molecule has 3 rings (SSSR count). The van der Waals surface area contributed by atoms with Crippen LogP contribution >= 0.6 is 0 Å². The minimum absolute atomic E-state index is 0.294. The number of aryl methyl sites for hydroxylation is 1. The van der Waals surface area contributed by atoms with Gasteiger partial charge in [0.15, 0.2) is 0 Å². The number of carbonyl (C=O) groups excluding carboxylic acids is 1.